The zero-order valence-electron chi connectivity index (χ0n) is 16.9. The zero-order chi connectivity index (χ0) is 21.3. The molecule has 0 fully saturated rings. The van der Waals surface area contributed by atoms with Crippen LogP contribution in [0.4, 0.5) is 5.69 Å². The van der Waals surface area contributed by atoms with E-state index in [4.69, 9.17) is 0 Å². The van der Waals surface area contributed by atoms with Gasteiger partial charge in [-0.1, -0.05) is 24.3 Å². The van der Waals surface area contributed by atoms with Gasteiger partial charge in [0.25, 0.3) is 11.5 Å². The lowest BCUT2D eigenvalue weighted by Gasteiger charge is -2.09. The molecule has 0 spiro atoms. The van der Waals surface area contributed by atoms with E-state index in [0.717, 1.165) is 16.9 Å². The molecule has 2 aromatic carbocycles. The van der Waals surface area contributed by atoms with Crippen molar-refractivity contribution in [2.75, 3.05) is 5.32 Å². The number of carbonyl (C=O) groups is 1. The lowest BCUT2D eigenvalue weighted by molar-refractivity contribution is 0.102. The van der Waals surface area contributed by atoms with Crippen molar-refractivity contribution >= 4 is 11.6 Å². The topological polar surface area (TPSA) is 92.7 Å². The standard InChI is InChI=1S/C23H21N5O2/c1-14-6-4-9-19(10-14)28-16(3)20(13-24-28)23(30)26-18-8-5-7-17(12-18)22-25-15(2)11-21(29)27-22/h4-13H,1-3H3,(H,26,30)(H,25,27,29). The first-order chi connectivity index (χ1) is 14.4. The van der Waals surface area contributed by atoms with Gasteiger partial charge in [-0.05, 0) is 50.6 Å². The van der Waals surface area contributed by atoms with Gasteiger partial charge in [0.05, 0.1) is 23.1 Å². The molecule has 2 N–H and O–H groups in total. The maximum Gasteiger partial charge on any atom is 0.259 e. The Morgan fingerprint density at radius 3 is 2.60 bits per heavy atom. The Morgan fingerprint density at radius 2 is 1.83 bits per heavy atom. The molecule has 7 nitrogen and oxygen atoms in total. The van der Waals surface area contributed by atoms with E-state index in [-0.39, 0.29) is 11.5 Å². The van der Waals surface area contributed by atoms with Crippen molar-refractivity contribution < 1.29 is 4.79 Å². The SMILES string of the molecule is Cc1cccc(-n2ncc(C(=O)Nc3cccc(-c4nc(C)cc(=O)[nH]4)c3)c2C)c1. The predicted octanol–water partition coefficient (Wildman–Crippen LogP) is 3.80. The fourth-order valence-electron chi connectivity index (χ4n) is 3.31. The van der Waals surface area contributed by atoms with Gasteiger partial charge < -0.3 is 10.3 Å². The summed E-state index contributed by atoms with van der Waals surface area (Å²) in [6, 6.07) is 16.6. The number of nitrogens with one attached hydrogen (secondary N) is 2. The van der Waals surface area contributed by atoms with E-state index < -0.39 is 0 Å². The smallest absolute Gasteiger partial charge is 0.259 e. The molecule has 150 valence electrons. The van der Waals surface area contributed by atoms with Gasteiger partial charge in [0.2, 0.25) is 0 Å². The van der Waals surface area contributed by atoms with E-state index in [1.54, 1.807) is 36.0 Å². The fourth-order valence-corrected chi connectivity index (χ4v) is 3.31. The number of H-pyrrole nitrogens is 1. The summed E-state index contributed by atoms with van der Waals surface area (Å²) in [4.78, 5) is 31.7. The Bertz CT molecular complexity index is 1300. The van der Waals surface area contributed by atoms with Gasteiger partial charge >= 0.3 is 0 Å². The normalized spacial score (nSPS) is 10.8. The van der Waals surface area contributed by atoms with E-state index in [1.165, 1.54) is 6.07 Å². The van der Waals surface area contributed by atoms with Gasteiger partial charge in [0, 0.05) is 23.0 Å². The summed E-state index contributed by atoms with van der Waals surface area (Å²) in [6.45, 7) is 5.64. The summed E-state index contributed by atoms with van der Waals surface area (Å²) < 4.78 is 1.75. The quantitative estimate of drug-likeness (QED) is 0.546. The van der Waals surface area contributed by atoms with Gasteiger partial charge in [0.15, 0.2) is 0 Å². The van der Waals surface area contributed by atoms with Gasteiger partial charge in [-0.25, -0.2) is 9.67 Å². The summed E-state index contributed by atoms with van der Waals surface area (Å²) in [7, 11) is 0. The Kier molecular flexibility index (Phi) is 5.02. The van der Waals surface area contributed by atoms with Crippen LogP contribution < -0.4 is 10.9 Å². The second-order valence-electron chi connectivity index (χ2n) is 7.16. The number of carbonyl (C=O) groups excluding carboxylic acids is 1. The maximum absolute atomic E-state index is 12.9. The highest BCUT2D eigenvalue weighted by Crippen LogP contribution is 2.21. The average molecular weight is 399 g/mol. The second kappa shape index (κ2) is 7.79. The Balaban J connectivity index is 1.60. The summed E-state index contributed by atoms with van der Waals surface area (Å²) in [6.07, 6.45) is 1.57. The first-order valence-electron chi connectivity index (χ1n) is 9.52. The first kappa shape index (κ1) is 19.3. The molecule has 0 unspecified atom stereocenters. The molecule has 4 rings (SSSR count). The van der Waals surface area contributed by atoms with Gasteiger partial charge in [-0.2, -0.15) is 5.10 Å². The van der Waals surface area contributed by atoms with Crippen LogP contribution in [-0.4, -0.2) is 25.7 Å². The molecule has 0 aliphatic carbocycles. The number of benzene rings is 2. The van der Waals surface area contributed by atoms with Crippen molar-refractivity contribution in [2.24, 2.45) is 0 Å². The average Bonchev–Trinajstić information content (AvgIpc) is 3.09. The van der Waals surface area contributed by atoms with Crippen molar-refractivity contribution in [2.45, 2.75) is 20.8 Å². The van der Waals surface area contributed by atoms with E-state index in [9.17, 15) is 9.59 Å². The van der Waals surface area contributed by atoms with Crippen molar-refractivity contribution in [1.29, 1.82) is 0 Å². The molecule has 7 heteroatoms. The summed E-state index contributed by atoms with van der Waals surface area (Å²) in [5.74, 6) is 0.203. The lowest BCUT2D eigenvalue weighted by atomic mass is 10.1. The van der Waals surface area contributed by atoms with Crippen LogP contribution in [0.1, 0.15) is 27.3 Å². The third-order valence-electron chi connectivity index (χ3n) is 4.76. The van der Waals surface area contributed by atoms with Crippen LogP contribution >= 0.6 is 0 Å². The number of aromatic amines is 1. The van der Waals surface area contributed by atoms with Crippen molar-refractivity contribution in [3.63, 3.8) is 0 Å². The number of hydrogen-bond donors (Lipinski definition) is 2. The molecule has 0 aliphatic heterocycles. The number of amides is 1. The Labute approximate surface area is 173 Å². The number of nitrogens with zero attached hydrogens (tertiary/aromatic N) is 3. The van der Waals surface area contributed by atoms with Crippen LogP contribution in [0.2, 0.25) is 0 Å². The number of anilines is 1. The molecule has 30 heavy (non-hydrogen) atoms. The minimum absolute atomic E-state index is 0.217. The molecular weight excluding hydrogens is 378 g/mol. The second-order valence-corrected chi connectivity index (χ2v) is 7.16. The van der Waals surface area contributed by atoms with Gasteiger partial charge in [-0.3, -0.25) is 9.59 Å². The maximum atomic E-state index is 12.9. The molecule has 2 heterocycles. The first-order valence-corrected chi connectivity index (χ1v) is 9.52. The molecule has 1 amide bonds. The highest BCUT2D eigenvalue weighted by Gasteiger charge is 2.16. The molecule has 0 bridgehead atoms. The van der Waals surface area contributed by atoms with Gasteiger partial charge in [-0.15, -0.1) is 0 Å². The van der Waals surface area contributed by atoms with E-state index >= 15 is 0 Å². The van der Waals surface area contributed by atoms with E-state index in [0.29, 0.717) is 28.3 Å². The minimum Gasteiger partial charge on any atom is -0.322 e. The van der Waals surface area contributed by atoms with Crippen LogP contribution in [-0.2, 0) is 0 Å². The van der Waals surface area contributed by atoms with Crippen LogP contribution in [0.25, 0.3) is 17.1 Å². The third kappa shape index (κ3) is 3.91. The van der Waals surface area contributed by atoms with Crippen molar-refractivity contribution in [1.82, 2.24) is 19.7 Å². The highest BCUT2D eigenvalue weighted by molar-refractivity contribution is 6.05. The Morgan fingerprint density at radius 1 is 1.03 bits per heavy atom. The van der Waals surface area contributed by atoms with Crippen LogP contribution in [0.3, 0.4) is 0 Å². The third-order valence-corrected chi connectivity index (χ3v) is 4.76. The zero-order valence-corrected chi connectivity index (χ0v) is 16.9. The van der Waals surface area contributed by atoms with Crippen LogP contribution in [0, 0.1) is 20.8 Å². The predicted molar refractivity (Wildman–Crippen MR) is 116 cm³/mol. The fraction of sp³-hybridized carbons (Fsp3) is 0.130. The molecule has 4 aromatic rings. The van der Waals surface area contributed by atoms with Crippen LogP contribution in [0.15, 0.2) is 65.6 Å². The molecule has 0 radical (unpaired) electrons. The molecule has 0 saturated heterocycles. The van der Waals surface area contributed by atoms with Crippen molar-refractivity contribution in [3.05, 3.63) is 93.7 Å². The number of aromatic nitrogens is 4. The Hall–Kier alpha value is -4.00. The molecule has 0 saturated carbocycles. The van der Waals surface area contributed by atoms with E-state index in [1.807, 2.05) is 44.2 Å². The molecule has 2 aromatic heterocycles. The highest BCUT2D eigenvalue weighted by atomic mass is 16.1. The summed E-state index contributed by atoms with van der Waals surface area (Å²) in [5, 5.41) is 7.28. The van der Waals surface area contributed by atoms with Gasteiger partial charge in [0.1, 0.15) is 5.82 Å². The lowest BCUT2D eigenvalue weighted by Crippen LogP contribution is -2.13. The molecular formula is C23H21N5O2. The summed E-state index contributed by atoms with van der Waals surface area (Å²) >= 11 is 0. The number of hydrogen-bond acceptors (Lipinski definition) is 4. The molecule has 0 atom stereocenters. The van der Waals surface area contributed by atoms with Crippen molar-refractivity contribution in [3.8, 4) is 17.1 Å². The van der Waals surface area contributed by atoms with Crippen LogP contribution in [0.5, 0.6) is 0 Å². The molecule has 0 aliphatic rings. The largest absolute Gasteiger partial charge is 0.322 e. The monoisotopic (exact) mass is 399 g/mol. The minimum atomic E-state index is -0.255. The summed E-state index contributed by atoms with van der Waals surface area (Å²) in [5.41, 5.74) is 4.98. The number of rotatable bonds is 4. The number of aryl methyl sites for hydroxylation is 2. The van der Waals surface area contributed by atoms with E-state index in [2.05, 4.69) is 20.4 Å².